The minimum atomic E-state index is -0.673. The molecular weight excluding hydrogens is 382 g/mol. The number of hydrogen-bond donors (Lipinski definition) is 2. The first-order valence-electron chi connectivity index (χ1n) is 9.56. The molecule has 8 nitrogen and oxygen atoms in total. The number of fused-ring (bicyclic) bond motifs is 1. The van der Waals surface area contributed by atoms with Crippen LogP contribution in [0.15, 0.2) is 54.9 Å². The maximum absolute atomic E-state index is 12.8. The molecule has 2 aromatic heterocycles. The predicted molar refractivity (Wildman–Crippen MR) is 114 cm³/mol. The van der Waals surface area contributed by atoms with Crippen LogP contribution in [0.5, 0.6) is 5.75 Å². The number of methoxy groups -OCH3 is 1. The summed E-state index contributed by atoms with van der Waals surface area (Å²) in [6.07, 6.45) is 2.89. The van der Waals surface area contributed by atoms with Gasteiger partial charge in [0.1, 0.15) is 17.7 Å². The van der Waals surface area contributed by atoms with Crippen LogP contribution in [0.25, 0.3) is 11.0 Å². The Morgan fingerprint density at radius 3 is 2.80 bits per heavy atom. The number of ether oxygens (including phenoxy) is 1. The molecular formula is C22H23N5O3. The number of rotatable bonds is 6. The summed E-state index contributed by atoms with van der Waals surface area (Å²) >= 11 is 0. The molecule has 0 fully saturated rings. The van der Waals surface area contributed by atoms with Gasteiger partial charge in [0.25, 0.3) is 5.91 Å². The molecule has 8 heteroatoms. The Kier molecular flexibility index (Phi) is 5.24. The Balaban J connectivity index is 1.59. The number of aryl methyl sites for hydroxylation is 1. The number of hydrogen-bond acceptors (Lipinski definition) is 5. The number of benzene rings is 2. The summed E-state index contributed by atoms with van der Waals surface area (Å²) in [5.74, 6) is 1.04. The maximum Gasteiger partial charge on any atom is 0.255 e. The number of aliphatic hydroxyl groups is 1. The molecule has 4 rings (SSSR count). The van der Waals surface area contributed by atoms with Crippen LogP contribution in [0.1, 0.15) is 34.8 Å². The second-order valence-electron chi connectivity index (χ2n) is 7.09. The zero-order valence-electron chi connectivity index (χ0n) is 17.0. The van der Waals surface area contributed by atoms with Crippen molar-refractivity contribution in [3.63, 3.8) is 0 Å². The molecule has 154 valence electrons. The summed E-state index contributed by atoms with van der Waals surface area (Å²) in [5, 5.41) is 17.0. The van der Waals surface area contributed by atoms with Gasteiger partial charge in [0, 0.05) is 36.3 Å². The monoisotopic (exact) mass is 405 g/mol. The van der Waals surface area contributed by atoms with E-state index in [0.717, 1.165) is 11.1 Å². The topological polar surface area (TPSA) is 94.2 Å². The number of anilines is 1. The minimum absolute atomic E-state index is 0.231. The average molecular weight is 405 g/mol. The molecule has 2 heterocycles. The lowest BCUT2D eigenvalue weighted by molar-refractivity contribution is 0.102. The second-order valence-corrected chi connectivity index (χ2v) is 7.09. The van der Waals surface area contributed by atoms with Gasteiger partial charge in [-0.2, -0.15) is 5.10 Å². The minimum Gasteiger partial charge on any atom is -0.496 e. The second kappa shape index (κ2) is 8.00. The van der Waals surface area contributed by atoms with Crippen LogP contribution in [0, 0.1) is 0 Å². The number of nitrogens with one attached hydrogen (secondary N) is 1. The van der Waals surface area contributed by atoms with Crippen LogP contribution < -0.4 is 10.1 Å². The number of carbonyl (C=O) groups excluding carboxylic acids is 1. The van der Waals surface area contributed by atoms with Gasteiger partial charge >= 0.3 is 0 Å². The van der Waals surface area contributed by atoms with Crippen molar-refractivity contribution in [2.45, 2.75) is 19.6 Å². The SMILES string of the molecule is COc1ccc(C(=O)Nc2ccc3c(c2)nc(C(C)O)n3C)cc1Cn1cccn1. The number of aromatic nitrogens is 4. The largest absolute Gasteiger partial charge is 0.496 e. The Morgan fingerprint density at radius 1 is 1.27 bits per heavy atom. The zero-order chi connectivity index (χ0) is 21.3. The number of nitrogens with zero attached hydrogens (tertiary/aromatic N) is 4. The molecule has 1 atom stereocenters. The van der Waals surface area contributed by atoms with Gasteiger partial charge in [-0.05, 0) is 49.4 Å². The molecule has 0 bridgehead atoms. The predicted octanol–water partition coefficient (Wildman–Crippen LogP) is 3.13. The Labute approximate surface area is 173 Å². The maximum atomic E-state index is 12.8. The fourth-order valence-electron chi connectivity index (χ4n) is 3.49. The number of carbonyl (C=O) groups is 1. The van der Waals surface area contributed by atoms with Crippen molar-refractivity contribution < 1.29 is 14.6 Å². The summed E-state index contributed by atoms with van der Waals surface area (Å²) in [5.41, 5.74) is 3.60. The molecule has 4 aromatic rings. The molecule has 0 aliphatic rings. The quantitative estimate of drug-likeness (QED) is 0.514. The van der Waals surface area contributed by atoms with Crippen LogP contribution in [-0.4, -0.2) is 37.5 Å². The highest BCUT2D eigenvalue weighted by molar-refractivity contribution is 6.05. The van der Waals surface area contributed by atoms with Crippen LogP contribution in [0.3, 0.4) is 0 Å². The number of imidazole rings is 1. The third-order valence-electron chi connectivity index (χ3n) is 4.98. The molecule has 0 aliphatic carbocycles. The van der Waals surface area contributed by atoms with Gasteiger partial charge in [0.2, 0.25) is 0 Å². The third-order valence-corrected chi connectivity index (χ3v) is 4.98. The normalized spacial score (nSPS) is 12.1. The average Bonchev–Trinajstić information content (AvgIpc) is 3.35. The summed E-state index contributed by atoms with van der Waals surface area (Å²) in [6.45, 7) is 2.17. The van der Waals surface area contributed by atoms with Crippen molar-refractivity contribution in [2.24, 2.45) is 7.05 Å². The van der Waals surface area contributed by atoms with Gasteiger partial charge in [-0.25, -0.2) is 4.98 Å². The van der Waals surface area contributed by atoms with Crippen LogP contribution >= 0.6 is 0 Å². The van der Waals surface area contributed by atoms with E-state index in [0.29, 0.717) is 34.9 Å². The first-order chi connectivity index (χ1) is 14.5. The molecule has 0 saturated carbocycles. The number of aliphatic hydroxyl groups excluding tert-OH is 1. The fraction of sp³-hybridized carbons (Fsp3) is 0.227. The molecule has 0 radical (unpaired) electrons. The third kappa shape index (κ3) is 3.77. The lowest BCUT2D eigenvalue weighted by atomic mass is 10.1. The van der Waals surface area contributed by atoms with Gasteiger partial charge in [0.15, 0.2) is 0 Å². The van der Waals surface area contributed by atoms with Gasteiger partial charge < -0.3 is 19.7 Å². The molecule has 1 amide bonds. The van der Waals surface area contributed by atoms with Crippen LogP contribution in [0.4, 0.5) is 5.69 Å². The molecule has 30 heavy (non-hydrogen) atoms. The first kappa shape index (κ1) is 19.7. The van der Waals surface area contributed by atoms with Crippen LogP contribution in [-0.2, 0) is 13.6 Å². The highest BCUT2D eigenvalue weighted by Gasteiger charge is 2.15. The van der Waals surface area contributed by atoms with E-state index in [1.807, 2.05) is 36.0 Å². The smallest absolute Gasteiger partial charge is 0.255 e. The highest BCUT2D eigenvalue weighted by Crippen LogP contribution is 2.24. The molecule has 2 N–H and O–H groups in total. The van der Waals surface area contributed by atoms with E-state index in [4.69, 9.17) is 4.74 Å². The standard InChI is InChI=1S/C22H23N5O3/c1-14(28)21-25-18-12-17(6-7-19(18)26(21)2)24-22(29)15-5-8-20(30-3)16(11-15)13-27-10-4-9-23-27/h4-12,14,28H,13H2,1-3H3,(H,24,29). The van der Waals surface area contributed by atoms with E-state index < -0.39 is 6.10 Å². The van der Waals surface area contributed by atoms with Crippen molar-refractivity contribution in [2.75, 3.05) is 12.4 Å². The summed E-state index contributed by atoms with van der Waals surface area (Å²) < 4.78 is 9.04. The molecule has 2 aromatic carbocycles. The van der Waals surface area contributed by atoms with Crippen molar-refractivity contribution >= 4 is 22.6 Å². The first-order valence-corrected chi connectivity index (χ1v) is 9.56. The highest BCUT2D eigenvalue weighted by atomic mass is 16.5. The van der Waals surface area contributed by atoms with E-state index in [2.05, 4.69) is 15.4 Å². The van der Waals surface area contributed by atoms with Crippen LogP contribution in [0.2, 0.25) is 0 Å². The fourth-order valence-corrected chi connectivity index (χ4v) is 3.49. The van der Waals surface area contributed by atoms with Gasteiger partial charge in [-0.15, -0.1) is 0 Å². The summed E-state index contributed by atoms with van der Waals surface area (Å²) in [4.78, 5) is 17.3. The molecule has 0 saturated heterocycles. The molecule has 1 unspecified atom stereocenters. The van der Waals surface area contributed by atoms with Gasteiger partial charge in [-0.3, -0.25) is 9.48 Å². The van der Waals surface area contributed by atoms with E-state index in [-0.39, 0.29) is 5.91 Å². The summed E-state index contributed by atoms with van der Waals surface area (Å²) in [7, 11) is 3.46. The van der Waals surface area contributed by atoms with E-state index in [1.165, 1.54) is 0 Å². The Bertz CT molecular complexity index is 1200. The van der Waals surface area contributed by atoms with Gasteiger partial charge in [0.05, 0.1) is 24.7 Å². The van der Waals surface area contributed by atoms with Gasteiger partial charge in [-0.1, -0.05) is 0 Å². The Morgan fingerprint density at radius 2 is 2.10 bits per heavy atom. The van der Waals surface area contributed by atoms with Crippen molar-refractivity contribution in [1.82, 2.24) is 19.3 Å². The van der Waals surface area contributed by atoms with E-state index in [1.54, 1.807) is 49.2 Å². The lowest BCUT2D eigenvalue weighted by Crippen LogP contribution is -2.13. The van der Waals surface area contributed by atoms with E-state index in [9.17, 15) is 9.90 Å². The molecule has 0 spiro atoms. The lowest BCUT2D eigenvalue weighted by Gasteiger charge is -2.11. The number of amides is 1. The Hall–Kier alpha value is -3.65. The summed E-state index contributed by atoms with van der Waals surface area (Å²) in [6, 6.07) is 12.7. The zero-order valence-corrected chi connectivity index (χ0v) is 17.0. The molecule has 0 aliphatic heterocycles. The van der Waals surface area contributed by atoms with Crippen molar-refractivity contribution in [1.29, 1.82) is 0 Å². The van der Waals surface area contributed by atoms with Crippen molar-refractivity contribution in [3.8, 4) is 5.75 Å². The van der Waals surface area contributed by atoms with E-state index >= 15 is 0 Å². The van der Waals surface area contributed by atoms with Crippen molar-refractivity contribution in [3.05, 3.63) is 71.8 Å².